The molecule has 4 aromatic carbocycles. The smallest absolute Gasteiger partial charge is 0.0630 e. The summed E-state index contributed by atoms with van der Waals surface area (Å²) in [6, 6.07) is 33.8. The molecule has 7 rings (SSSR count). The predicted molar refractivity (Wildman–Crippen MR) is 153 cm³/mol. The van der Waals surface area contributed by atoms with E-state index in [0.717, 1.165) is 6.42 Å². The van der Waals surface area contributed by atoms with E-state index >= 15 is 0 Å². The van der Waals surface area contributed by atoms with Crippen molar-refractivity contribution in [2.45, 2.75) is 32.2 Å². The van der Waals surface area contributed by atoms with E-state index in [1.54, 1.807) is 0 Å². The minimum absolute atomic E-state index is 0.291. The molecular weight excluding hydrogens is 436 g/mol. The fourth-order valence-electron chi connectivity index (χ4n) is 6.13. The molecule has 2 unspecified atom stereocenters. The highest BCUT2D eigenvalue weighted by molar-refractivity contribution is 6.08. The van der Waals surface area contributed by atoms with Gasteiger partial charge in [0.2, 0.25) is 0 Å². The minimum Gasteiger partial charge on any atom is -0.355 e. The van der Waals surface area contributed by atoms with Crippen molar-refractivity contribution in [3.05, 3.63) is 126 Å². The van der Waals surface area contributed by atoms with Gasteiger partial charge in [-0.1, -0.05) is 86.7 Å². The van der Waals surface area contributed by atoms with E-state index in [9.17, 15) is 0 Å². The maximum atomic E-state index is 3.55. The first-order valence-electron chi connectivity index (χ1n) is 13.0. The van der Waals surface area contributed by atoms with Crippen LogP contribution in [0.1, 0.15) is 36.5 Å². The molecule has 2 heteroatoms. The average Bonchev–Trinajstić information content (AvgIpc) is 3.44. The number of H-pyrrole nitrogens is 1. The maximum Gasteiger partial charge on any atom is 0.0630 e. The monoisotopic (exact) mass is 466 g/mol. The van der Waals surface area contributed by atoms with E-state index in [1.165, 1.54) is 55.4 Å². The Morgan fingerprint density at radius 1 is 0.806 bits per heavy atom. The van der Waals surface area contributed by atoms with E-state index in [4.69, 9.17) is 0 Å². The van der Waals surface area contributed by atoms with Gasteiger partial charge in [0.25, 0.3) is 0 Å². The SMILES string of the molecule is CC(C)Cc1ccc(N2c3ccccc3C3C=C(c4ccc5[nH]c6ccccc6c5c4)C=CC32)cc1. The van der Waals surface area contributed by atoms with Crippen molar-refractivity contribution in [3.8, 4) is 0 Å². The zero-order valence-electron chi connectivity index (χ0n) is 20.8. The van der Waals surface area contributed by atoms with Crippen molar-refractivity contribution < 1.29 is 0 Å². The Bertz CT molecular complexity index is 1650. The molecule has 0 saturated heterocycles. The molecule has 0 amide bonds. The summed E-state index contributed by atoms with van der Waals surface area (Å²) in [5.74, 6) is 0.997. The van der Waals surface area contributed by atoms with Crippen molar-refractivity contribution >= 4 is 38.8 Å². The molecule has 0 spiro atoms. The standard InChI is InChI=1S/C34H30N2/c1-22(2)19-23-11-15-26(16-12-23)36-33-10-6-4-8-28(33)30-21-25(14-18-34(30)36)24-13-17-32-29(20-24)27-7-3-5-9-31(27)35-32/h3-18,20-22,30,34-35H,19H2,1-2H3. The lowest BCUT2D eigenvalue weighted by molar-refractivity contribution is 0.647. The first kappa shape index (κ1) is 21.3. The van der Waals surface area contributed by atoms with Crippen molar-refractivity contribution in [1.29, 1.82) is 0 Å². The quantitative estimate of drug-likeness (QED) is 0.280. The summed E-state index contributed by atoms with van der Waals surface area (Å²) >= 11 is 0. The summed E-state index contributed by atoms with van der Waals surface area (Å²) in [7, 11) is 0. The molecule has 0 bridgehead atoms. The van der Waals surface area contributed by atoms with Gasteiger partial charge >= 0.3 is 0 Å². The summed E-state index contributed by atoms with van der Waals surface area (Å²) in [6.45, 7) is 4.56. The highest BCUT2D eigenvalue weighted by atomic mass is 15.2. The number of aromatic nitrogens is 1. The van der Waals surface area contributed by atoms with Gasteiger partial charge < -0.3 is 9.88 Å². The number of para-hydroxylation sites is 2. The van der Waals surface area contributed by atoms with Gasteiger partial charge in [0, 0.05) is 39.1 Å². The third-order valence-electron chi connectivity index (χ3n) is 7.75. The van der Waals surface area contributed by atoms with Gasteiger partial charge in [-0.2, -0.15) is 0 Å². The molecule has 2 aliphatic rings. The highest BCUT2D eigenvalue weighted by Gasteiger charge is 2.38. The van der Waals surface area contributed by atoms with E-state index in [2.05, 4.69) is 133 Å². The Balaban J connectivity index is 1.27. The number of aromatic amines is 1. The second kappa shape index (κ2) is 8.27. The van der Waals surface area contributed by atoms with E-state index in [1.807, 2.05) is 0 Å². The van der Waals surface area contributed by atoms with Gasteiger partial charge in [-0.15, -0.1) is 0 Å². The molecule has 2 atom stereocenters. The van der Waals surface area contributed by atoms with Crippen LogP contribution in [-0.4, -0.2) is 11.0 Å². The Morgan fingerprint density at radius 3 is 2.44 bits per heavy atom. The van der Waals surface area contributed by atoms with E-state index < -0.39 is 0 Å². The van der Waals surface area contributed by atoms with Crippen molar-refractivity contribution in [2.24, 2.45) is 5.92 Å². The zero-order chi connectivity index (χ0) is 24.2. The van der Waals surface area contributed by atoms with Crippen molar-refractivity contribution in [1.82, 2.24) is 4.98 Å². The minimum atomic E-state index is 0.291. The van der Waals surface area contributed by atoms with E-state index in [0.29, 0.717) is 17.9 Å². The Kier molecular flexibility index (Phi) is 4.89. The lowest BCUT2D eigenvalue weighted by Gasteiger charge is -2.30. The molecule has 1 aromatic heterocycles. The molecule has 0 fully saturated rings. The van der Waals surface area contributed by atoms with Crippen LogP contribution in [0.4, 0.5) is 11.4 Å². The first-order chi connectivity index (χ1) is 17.7. The van der Waals surface area contributed by atoms with Crippen LogP contribution < -0.4 is 4.90 Å². The molecule has 36 heavy (non-hydrogen) atoms. The van der Waals surface area contributed by atoms with Gasteiger partial charge in [-0.25, -0.2) is 0 Å². The van der Waals surface area contributed by atoms with E-state index in [-0.39, 0.29) is 0 Å². The van der Waals surface area contributed by atoms with Gasteiger partial charge in [0.1, 0.15) is 0 Å². The first-order valence-corrected chi connectivity index (χ1v) is 13.0. The highest BCUT2D eigenvalue weighted by Crippen LogP contribution is 2.49. The Morgan fingerprint density at radius 2 is 1.58 bits per heavy atom. The summed E-state index contributed by atoms with van der Waals surface area (Å²) in [5, 5.41) is 2.57. The molecule has 176 valence electrons. The number of fused-ring (bicyclic) bond motifs is 6. The summed E-state index contributed by atoms with van der Waals surface area (Å²) in [4.78, 5) is 6.07. The van der Waals surface area contributed by atoms with Crippen LogP contribution in [0.3, 0.4) is 0 Å². The summed E-state index contributed by atoms with van der Waals surface area (Å²) in [5.41, 5.74) is 10.4. The maximum absolute atomic E-state index is 3.55. The van der Waals surface area contributed by atoms with Crippen LogP contribution in [0.2, 0.25) is 0 Å². The molecular formula is C34H30N2. The van der Waals surface area contributed by atoms with Gasteiger partial charge in [-0.05, 0) is 71.0 Å². The van der Waals surface area contributed by atoms with Gasteiger partial charge in [-0.3, -0.25) is 0 Å². The average molecular weight is 467 g/mol. The molecule has 0 saturated carbocycles. The predicted octanol–water partition coefficient (Wildman–Crippen LogP) is 8.78. The Hall–Kier alpha value is -4.04. The van der Waals surface area contributed by atoms with Gasteiger partial charge in [0.15, 0.2) is 0 Å². The van der Waals surface area contributed by atoms with Crippen LogP contribution in [0.5, 0.6) is 0 Å². The molecule has 2 heterocycles. The van der Waals surface area contributed by atoms with Crippen molar-refractivity contribution in [3.63, 3.8) is 0 Å². The lowest BCUT2D eigenvalue weighted by Crippen LogP contribution is -2.28. The fourth-order valence-corrected chi connectivity index (χ4v) is 6.13. The normalized spacial score (nSPS) is 18.6. The van der Waals surface area contributed by atoms with Crippen LogP contribution >= 0.6 is 0 Å². The number of benzene rings is 4. The zero-order valence-corrected chi connectivity index (χ0v) is 20.8. The number of hydrogen-bond acceptors (Lipinski definition) is 1. The second-order valence-electron chi connectivity index (χ2n) is 10.6. The number of hydrogen-bond donors (Lipinski definition) is 1. The summed E-state index contributed by atoms with van der Waals surface area (Å²) < 4.78 is 0. The second-order valence-corrected chi connectivity index (χ2v) is 10.6. The number of allylic oxidation sites excluding steroid dienone is 2. The molecule has 1 aliphatic carbocycles. The van der Waals surface area contributed by atoms with Gasteiger partial charge in [0.05, 0.1) is 6.04 Å². The topological polar surface area (TPSA) is 19.0 Å². The Labute approximate surface area is 212 Å². The van der Waals surface area contributed by atoms with Crippen LogP contribution in [0.25, 0.3) is 27.4 Å². The molecule has 5 aromatic rings. The summed E-state index contributed by atoms with van der Waals surface area (Å²) in [6.07, 6.45) is 8.33. The molecule has 2 nitrogen and oxygen atoms in total. The van der Waals surface area contributed by atoms with Crippen LogP contribution in [0, 0.1) is 5.92 Å². The van der Waals surface area contributed by atoms with Crippen molar-refractivity contribution in [2.75, 3.05) is 4.90 Å². The third-order valence-corrected chi connectivity index (χ3v) is 7.75. The number of nitrogens with zero attached hydrogens (tertiary/aromatic N) is 1. The largest absolute Gasteiger partial charge is 0.355 e. The number of nitrogens with one attached hydrogen (secondary N) is 1. The fraction of sp³-hybridized carbons (Fsp3) is 0.176. The molecule has 1 N–H and O–H groups in total. The third kappa shape index (κ3) is 3.40. The number of rotatable bonds is 4. The molecule has 1 aliphatic heterocycles. The molecule has 0 radical (unpaired) electrons. The lowest BCUT2D eigenvalue weighted by atomic mass is 9.86. The number of anilines is 2. The van der Waals surface area contributed by atoms with Crippen LogP contribution in [0.15, 0.2) is 109 Å². The van der Waals surface area contributed by atoms with Crippen LogP contribution in [-0.2, 0) is 6.42 Å².